The van der Waals surface area contributed by atoms with Crippen molar-refractivity contribution in [1.82, 2.24) is 14.4 Å². The number of methoxy groups -OCH3 is 1. The van der Waals surface area contributed by atoms with Crippen LogP contribution >= 0.6 is 0 Å². The lowest BCUT2D eigenvalue weighted by Gasteiger charge is -2.37. The van der Waals surface area contributed by atoms with Gasteiger partial charge < -0.3 is 19.1 Å². The van der Waals surface area contributed by atoms with Gasteiger partial charge in [-0.15, -0.1) is 0 Å². The van der Waals surface area contributed by atoms with Crippen LogP contribution in [0.25, 0.3) is 0 Å². The summed E-state index contributed by atoms with van der Waals surface area (Å²) in [6.45, 7) is 4.73. The number of nitrogens with zero attached hydrogens (tertiary/aromatic N) is 4. The maximum atomic E-state index is 13.0. The number of hydrogen-bond acceptors (Lipinski definition) is 4. The average molecular weight is 383 g/mol. The van der Waals surface area contributed by atoms with E-state index >= 15 is 0 Å². The summed E-state index contributed by atoms with van der Waals surface area (Å²) in [5.74, 6) is 1.14. The van der Waals surface area contributed by atoms with Gasteiger partial charge in [-0.25, -0.2) is 0 Å². The van der Waals surface area contributed by atoms with E-state index in [9.17, 15) is 4.79 Å². The number of anilines is 1. The van der Waals surface area contributed by atoms with E-state index in [4.69, 9.17) is 4.74 Å². The summed E-state index contributed by atoms with van der Waals surface area (Å²) in [7, 11) is 3.79. The normalized spacial score (nSPS) is 20.6. The van der Waals surface area contributed by atoms with Crippen LogP contribution < -0.4 is 9.64 Å². The molecule has 0 aliphatic carbocycles. The molecule has 3 heterocycles. The van der Waals surface area contributed by atoms with E-state index in [-0.39, 0.29) is 5.91 Å². The standard InChI is InChI=1S/C22H30N4O2/c1-23-11-5-8-18(23)19-9-6-12-26(19)17-22(27)25-15-13-24(14-16-25)20-7-3-4-10-21(20)28-2/h3-5,7-8,10-11,19H,6,9,12-17H2,1-2H3. The molecule has 2 saturated heterocycles. The molecule has 0 bridgehead atoms. The Hall–Kier alpha value is -2.47. The number of likely N-dealkylation sites (tertiary alicyclic amines) is 1. The van der Waals surface area contributed by atoms with E-state index < -0.39 is 0 Å². The Bertz CT molecular complexity index is 810. The monoisotopic (exact) mass is 382 g/mol. The van der Waals surface area contributed by atoms with Gasteiger partial charge in [0.15, 0.2) is 0 Å². The summed E-state index contributed by atoms with van der Waals surface area (Å²) in [5, 5.41) is 0. The van der Waals surface area contributed by atoms with Gasteiger partial charge in [-0.3, -0.25) is 9.69 Å². The van der Waals surface area contributed by atoms with Crippen molar-refractivity contribution in [3.05, 3.63) is 48.3 Å². The number of rotatable bonds is 5. The minimum atomic E-state index is 0.251. The second-order valence-electron chi connectivity index (χ2n) is 7.71. The molecule has 1 unspecified atom stereocenters. The number of aromatic nitrogens is 1. The highest BCUT2D eigenvalue weighted by Gasteiger charge is 2.31. The van der Waals surface area contributed by atoms with Crippen LogP contribution in [-0.2, 0) is 11.8 Å². The molecule has 2 aliphatic rings. The van der Waals surface area contributed by atoms with Crippen LogP contribution in [0.1, 0.15) is 24.6 Å². The highest BCUT2D eigenvalue weighted by atomic mass is 16.5. The first-order chi connectivity index (χ1) is 13.7. The molecule has 6 nitrogen and oxygen atoms in total. The molecule has 1 aromatic heterocycles. The number of amides is 1. The molecule has 0 N–H and O–H groups in total. The summed E-state index contributed by atoms with van der Waals surface area (Å²) in [4.78, 5) is 19.6. The highest BCUT2D eigenvalue weighted by Crippen LogP contribution is 2.32. The van der Waals surface area contributed by atoms with Gasteiger partial charge in [0.25, 0.3) is 0 Å². The van der Waals surface area contributed by atoms with Crippen LogP contribution in [0.5, 0.6) is 5.75 Å². The molecule has 1 amide bonds. The van der Waals surface area contributed by atoms with Crippen LogP contribution in [0.3, 0.4) is 0 Å². The average Bonchev–Trinajstić information content (AvgIpc) is 3.36. The Morgan fingerprint density at radius 1 is 1.07 bits per heavy atom. The van der Waals surface area contributed by atoms with Gasteiger partial charge in [0.1, 0.15) is 5.75 Å². The van der Waals surface area contributed by atoms with Gasteiger partial charge in [0, 0.05) is 45.1 Å². The number of piperazine rings is 1. The number of aryl methyl sites for hydroxylation is 1. The third-order valence-electron chi connectivity index (χ3n) is 6.09. The van der Waals surface area contributed by atoms with Crippen molar-refractivity contribution in [2.24, 2.45) is 7.05 Å². The first-order valence-corrected chi connectivity index (χ1v) is 10.2. The van der Waals surface area contributed by atoms with Crippen LogP contribution in [0, 0.1) is 0 Å². The van der Waals surface area contributed by atoms with E-state index in [0.29, 0.717) is 12.6 Å². The third-order valence-corrected chi connectivity index (χ3v) is 6.09. The number of ether oxygens (including phenoxy) is 1. The number of para-hydroxylation sites is 2. The Balaban J connectivity index is 1.35. The van der Waals surface area contributed by atoms with E-state index in [0.717, 1.165) is 57.0 Å². The van der Waals surface area contributed by atoms with E-state index in [1.807, 2.05) is 23.1 Å². The van der Waals surface area contributed by atoms with E-state index in [1.54, 1.807) is 7.11 Å². The molecule has 0 saturated carbocycles. The zero-order valence-electron chi connectivity index (χ0n) is 16.9. The van der Waals surface area contributed by atoms with Crippen molar-refractivity contribution < 1.29 is 9.53 Å². The minimum Gasteiger partial charge on any atom is -0.495 e. The van der Waals surface area contributed by atoms with Crippen LogP contribution in [0.2, 0.25) is 0 Å². The molecule has 1 atom stereocenters. The third kappa shape index (κ3) is 3.74. The Morgan fingerprint density at radius 2 is 1.86 bits per heavy atom. The quantitative estimate of drug-likeness (QED) is 0.797. The van der Waals surface area contributed by atoms with E-state index in [2.05, 4.69) is 45.8 Å². The van der Waals surface area contributed by atoms with Crippen molar-refractivity contribution in [3.63, 3.8) is 0 Å². The van der Waals surface area contributed by atoms with Crippen molar-refractivity contribution >= 4 is 11.6 Å². The lowest BCUT2D eigenvalue weighted by atomic mass is 10.1. The molecule has 0 radical (unpaired) electrons. The zero-order chi connectivity index (χ0) is 19.5. The maximum absolute atomic E-state index is 13.0. The van der Waals surface area contributed by atoms with Crippen molar-refractivity contribution in [2.45, 2.75) is 18.9 Å². The van der Waals surface area contributed by atoms with Crippen molar-refractivity contribution in [3.8, 4) is 5.75 Å². The Kier molecular flexibility index (Phi) is 5.57. The zero-order valence-corrected chi connectivity index (χ0v) is 16.9. The molecular weight excluding hydrogens is 352 g/mol. The molecule has 0 spiro atoms. The fourth-order valence-electron chi connectivity index (χ4n) is 4.53. The van der Waals surface area contributed by atoms with Crippen LogP contribution in [0.15, 0.2) is 42.6 Å². The van der Waals surface area contributed by atoms with Crippen molar-refractivity contribution in [2.75, 3.05) is 51.3 Å². The molecule has 6 heteroatoms. The Morgan fingerprint density at radius 3 is 2.57 bits per heavy atom. The second-order valence-corrected chi connectivity index (χ2v) is 7.71. The SMILES string of the molecule is COc1ccccc1N1CCN(C(=O)CN2CCCC2c2cccn2C)CC1. The smallest absolute Gasteiger partial charge is 0.236 e. The number of carbonyl (C=O) groups is 1. The van der Waals surface area contributed by atoms with Gasteiger partial charge in [0.05, 0.1) is 25.4 Å². The molecule has 2 aromatic rings. The summed E-state index contributed by atoms with van der Waals surface area (Å²) < 4.78 is 7.67. The first-order valence-electron chi connectivity index (χ1n) is 10.2. The maximum Gasteiger partial charge on any atom is 0.236 e. The second kappa shape index (κ2) is 8.27. The lowest BCUT2D eigenvalue weighted by Crippen LogP contribution is -2.51. The van der Waals surface area contributed by atoms with Gasteiger partial charge >= 0.3 is 0 Å². The van der Waals surface area contributed by atoms with Crippen LogP contribution in [0.4, 0.5) is 5.69 Å². The van der Waals surface area contributed by atoms with Crippen molar-refractivity contribution in [1.29, 1.82) is 0 Å². The Labute approximate surface area is 167 Å². The summed E-state index contributed by atoms with van der Waals surface area (Å²) in [6.07, 6.45) is 4.38. The fourth-order valence-corrected chi connectivity index (χ4v) is 4.53. The van der Waals surface area contributed by atoms with Crippen LogP contribution in [-0.4, -0.2) is 66.7 Å². The topological polar surface area (TPSA) is 41.0 Å². The van der Waals surface area contributed by atoms with E-state index in [1.165, 1.54) is 5.69 Å². The molecule has 1 aromatic carbocycles. The van der Waals surface area contributed by atoms with Gasteiger partial charge in [-0.05, 0) is 43.7 Å². The fraction of sp³-hybridized carbons (Fsp3) is 0.500. The predicted octanol–water partition coefficient (Wildman–Crippen LogP) is 2.52. The largest absolute Gasteiger partial charge is 0.495 e. The van der Waals surface area contributed by atoms with Gasteiger partial charge in [-0.2, -0.15) is 0 Å². The number of benzene rings is 1. The molecule has 2 fully saturated rings. The minimum absolute atomic E-state index is 0.251. The summed E-state index contributed by atoms with van der Waals surface area (Å²) in [6, 6.07) is 12.7. The number of hydrogen-bond donors (Lipinski definition) is 0. The van der Waals surface area contributed by atoms with Gasteiger partial charge in [-0.1, -0.05) is 12.1 Å². The van der Waals surface area contributed by atoms with Gasteiger partial charge in [0.2, 0.25) is 5.91 Å². The molecular formula is C22H30N4O2. The first kappa shape index (κ1) is 18.9. The molecule has 4 rings (SSSR count). The molecule has 150 valence electrons. The number of carbonyl (C=O) groups excluding carboxylic acids is 1. The summed E-state index contributed by atoms with van der Waals surface area (Å²) >= 11 is 0. The molecule has 28 heavy (non-hydrogen) atoms. The molecule has 2 aliphatic heterocycles. The predicted molar refractivity (Wildman–Crippen MR) is 111 cm³/mol. The lowest BCUT2D eigenvalue weighted by molar-refractivity contribution is -0.133. The highest BCUT2D eigenvalue weighted by molar-refractivity contribution is 5.78. The summed E-state index contributed by atoms with van der Waals surface area (Å²) in [5.41, 5.74) is 2.42.